The lowest BCUT2D eigenvalue weighted by Gasteiger charge is -2.15. The van der Waals surface area contributed by atoms with Gasteiger partial charge in [-0.05, 0) is 35.2 Å². The van der Waals surface area contributed by atoms with Crippen LogP contribution in [0.1, 0.15) is 35.7 Å². The van der Waals surface area contributed by atoms with E-state index >= 15 is 0 Å². The molecule has 4 rings (SSSR count). The van der Waals surface area contributed by atoms with Crippen LogP contribution in [0.4, 0.5) is 10.5 Å². The summed E-state index contributed by atoms with van der Waals surface area (Å²) in [5.74, 6) is -0.968. The Morgan fingerprint density at radius 2 is 1.56 bits per heavy atom. The highest BCUT2D eigenvalue weighted by atomic mass is 16.4. The quantitative estimate of drug-likeness (QED) is 0.446. The summed E-state index contributed by atoms with van der Waals surface area (Å²) in [7, 11) is 0. The van der Waals surface area contributed by atoms with Gasteiger partial charge < -0.3 is 10.4 Å². The van der Waals surface area contributed by atoms with Crippen LogP contribution in [0.15, 0.2) is 83.8 Å². The third-order valence-electron chi connectivity index (χ3n) is 5.42. The van der Waals surface area contributed by atoms with Gasteiger partial charge in [-0.1, -0.05) is 68.4 Å². The minimum atomic E-state index is -1.38. The smallest absolute Gasteiger partial charge is 0.341 e. The zero-order chi connectivity index (χ0) is 22.8. The first-order chi connectivity index (χ1) is 15.4. The fraction of sp³-hybridized carbons (Fsp3) is 0.115. The van der Waals surface area contributed by atoms with E-state index in [-0.39, 0.29) is 5.39 Å². The Kier molecular flexibility index (Phi) is 5.60. The molecule has 1 aromatic heterocycles. The molecule has 6 heteroatoms. The Morgan fingerprint density at radius 3 is 2.25 bits per heavy atom. The molecule has 0 spiro atoms. The highest BCUT2D eigenvalue weighted by molar-refractivity contribution is 6.02. The standard InChI is InChI=1S/C26H22N2O4/c1-16(2)17-11-13-18(14-12-17)19-7-3-5-9-22(19)27-26(32)28-15-21(25(30)31)24(29)20-8-4-6-10-23(20)28/h3-16H,1-2H3,(H,27,32)(H,30,31). The van der Waals surface area contributed by atoms with Crippen molar-refractivity contribution in [3.8, 4) is 11.1 Å². The topological polar surface area (TPSA) is 88.4 Å². The summed E-state index contributed by atoms with van der Waals surface area (Å²) < 4.78 is 1.17. The summed E-state index contributed by atoms with van der Waals surface area (Å²) >= 11 is 0. The van der Waals surface area contributed by atoms with E-state index in [9.17, 15) is 19.5 Å². The van der Waals surface area contributed by atoms with Gasteiger partial charge in [0.05, 0.1) is 11.2 Å². The summed E-state index contributed by atoms with van der Waals surface area (Å²) in [6.45, 7) is 4.26. The minimum absolute atomic E-state index is 0.167. The lowest BCUT2D eigenvalue weighted by molar-refractivity contribution is 0.0695. The van der Waals surface area contributed by atoms with Gasteiger partial charge in [-0.15, -0.1) is 0 Å². The Labute approximate surface area is 184 Å². The first-order valence-corrected chi connectivity index (χ1v) is 10.2. The van der Waals surface area contributed by atoms with Crippen LogP contribution in [-0.4, -0.2) is 21.7 Å². The molecule has 1 amide bonds. The van der Waals surface area contributed by atoms with Crippen molar-refractivity contribution in [3.05, 3.63) is 100 Å². The van der Waals surface area contributed by atoms with Gasteiger partial charge in [0.15, 0.2) is 0 Å². The molecule has 0 fully saturated rings. The molecule has 0 aliphatic carbocycles. The average molecular weight is 426 g/mol. The fourth-order valence-corrected chi connectivity index (χ4v) is 3.67. The summed E-state index contributed by atoms with van der Waals surface area (Å²) in [5, 5.41) is 12.5. The first kappa shape index (κ1) is 21.1. The fourth-order valence-electron chi connectivity index (χ4n) is 3.67. The molecule has 32 heavy (non-hydrogen) atoms. The molecule has 0 saturated heterocycles. The molecule has 1 heterocycles. The van der Waals surface area contributed by atoms with Gasteiger partial charge in [0.2, 0.25) is 5.43 Å². The van der Waals surface area contributed by atoms with Crippen LogP contribution in [0.3, 0.4) is 0 Å². The number of hydrogen-bond donors (Lipinski definition) is 2. The number of aromatic nitrogens is 1. The number of pyridine rings is 1. The summed E-state index contributed by atoms with van der Waals surface area (Å²) in [4.78, 5) is 37.3. The van der Waals surface area contributed by atoms with Crippen LogP contribution in [-0.2, 0) is 0 Å². The van der Waals surface area contributed by atoms with E-state index in [1.165, 1.54) is 16.2 Å². The monoisotopic (exact) mass is 426 g/mol. The van der Waals surface area contributed by atoms with E-state index in [1.807, 2.05) is 30.3 Å². The molecule has 160 valence electrons. The number of fused-ring (bicyclic) bond motifs is 1. The Morgan fingerprint density at radius 1 is 0.906 bits per heavy atom. The van der Waals surface area contributed by atoms with Crippen molar-refractivity contribution in [2.45, 2.75) is 19.8 Å². The van der Waals surface area contributed by atoms with Crippen molar-refractivity contribution in [1.29, 1.82) is 0 Å². The number of nitrogens with one attached hydrogen (secondary N) is 1. The molecule has 3 aromatic carbocycles. The zero-order valence-corrected chi connectivity index (χ0v) is 17.7. The number of rotatable bonds is 4. The number of carboxylic acid groups (broad SMARTS) is 1. The predicted octanol–water partition coefficient (Wildman–Crippen LogP) is 5.57. The molecule has 0 atom stereocenters. The van der Waals surface area contributed by atoms with Crippen molar-refractivity contribution < 1.29 is 14.7 Å². The first-order valence-electron chi connectivity index (χ1n) is 10.2. The number of anilines is 1. The van der Waals surface area contributed by atoms with Crippen LogP contribution >= 0.6 is 0 Å². The van der Waals surface area contributed by atoms with E-state index in [0.29, 0.717) is 17.1 Å². The van der Waals surface area contributed by atoms with E-state index < -0.39 is 23.0 Å². The van der Waals surface area contributed by atoms with Gasteiger partial charge in [0.1, 0.15) is 5.56 Å². The van der Waals surface area contributed by atoms with Crippen LogP contribution in [0, 0.1) is 0 Å². The predicted molar refractivity (Wildman–Crippen MR) is 126 cm³/mol. The van der Waals surface area contributed by atoms with E-state index in [2.05, 4.69) is 31.3 Å². The van der Waals surface area contributed by atoms with E-state index in [1.54, 1.807) is 24.3 Å². The third kappa shape index (κ3) is 3.90. The average Bonchev–Trinajstić information content (AvgIpc) is 2.79. The SMILES string of the molecule is CC(C)c1ccc(-c2ccccc2NC(=O)n2cc(C(=O)O)c(=O)c3ccccc32)cc1. The van der Waals surface area contributed by atoms with Crippen molar-refractivity contribution in [2.24, 2.45) is 0 Å². The van der Waals surface area contributed by atoms with Gasteiger partial charge in [-0.2, -0.15) is 0 Å². The Balaban J connectivity index is 1.76. The molecule has 4 aromatic rings. The second-order valence-electron chi connectivity index (χ2n) is 7.82. The highest BCUT2D eigenvalue weighted by Gasteiger charge is 2.18. The van der Waals surface area contributed by atoms with Gasteiger partial charge in [-0.3, -0.25) is 9.36 Å². The van der Waals surface area contributed by atoms with Gasteiger partial charge >= 0.3 is 12.0 Å². The molecule has 0 bridgehead atoms. The lowest BCUT2D eigenvalue weighted by Crippen LogP contribution is -2.25. The maximum atomic E-state index is 13.2. The maximum Gasteiger partial charge on any atom is 0.341 e. The highest BCUT2D eigenvalue weighted by Crippen LogP contribution is 2.29. The van der Waals surface area contributed by atoms with Crippen molar-refractivity contribution in [1.82, 2.24) is 4.57 Å². The number of nitrogens with zero attached hydrogens (tertiary/aromatic N) is 1. The second kappa shape index (κ2) is 8.51. The molecule has 6 nitrogen and oxygen atoms in total. The Hall–Kier alpha value is -4.19. The molecule has 0 unspecified atom stereocenters. The summed E-state index contributed by atoms with van der Waals surface area (Å²) in [6.07, 6.45) is 1.07. The van der Waals surface area contributed by atoms with Crippen molar-refractivity contribution in [2.75, 3.05) is 5.32 Å². The van der Waals surface area contributed by atoms with Gasteiger partial charge in [0.25, 0.3) is 0 Å². The normalized spacial score (nSPS) is 11.0. The number of carboxylic acids is 1. The van der Waals surface area contributed by atoms with Crippen LogP contribution in [0.2, 0.25) is 0 Å². The van der Waals surface area contributed by atoms with E-state index in [0.717, 1.165) is 17.3 Å². The summed E-state index contributed by atoms with van der Waals surface area (Å²) in [5.41, 5.74) is 2.82. The third-order valence-corrected chi connectivity index (χ3v) is 5.42. The van der Waals surface area contributed by atoms with Gasteiger partial charge in [0, 0.05) is 17.1 Å². The number of carbonyl (C=O) groups is 2. The number of aromatic carboxylic acids is 1. The van der Waals surface area contributed by atoms with Crippen molar-refractivity contribution >= 4 is 28.6 Å². The second-order valence-corrected chi connectivity index (χ2v) is 7.82. The van der Waals surface area contributed by atoms with Gasteiger partial charge in [-0.25, -0.2) is 9.59 Å². The number of hydrogen-bond acceptors (Lipinski definition) is 3. The number of benzene rings is 3. The summed E-state index contributed by atoms with van der Waals surface area (Å²) in [6, 6.07) is 21.4. The number of para-hydroxylation sites is 2. The zero-order valence-electron chi connectivity index (χ0n) is 17.7. The van der Waals surface area contributed by atoms with Crippen LogP contribution < -0.4 is 10.7 Å². The molecular formula is C26H22N2O4. The van der Waals surface area contributed by atoms with Crippen molar-refractivity contribution in [3.63, 3.8) is 0 Å². The Bertz CT molecular complexity index is 1390. The largest absolute Gasteiger partial charge is 0.477 e. The maximum absolute atomic E-state index is 13.2. The molecule has 2 N–H and O–H groups in total. The molecule has 0 aliphatic heterocycles. The van der Waals surface area contributed by atoms with Crippen LogP contribution in [0.5, 0.6) is 0 Å². The lowest BCUT2D eigenvalue weighted by atomic mass is 9.98. The number of carbonyl (C=O) groups excluding carboxylic acids is 1. The minimum Gasteiger partial charge on any atom is -0.477 e. The molecule has 0 radical (unpaired) electrons. The number of amides is 1. The molecule has 0 saturated carbocycles. The van der Waals surface area contributed by atoms with E-state index in [4.69, 9.17) is 0 Å². The van der Waals surface area contributed by atoms with Crippen LogP contribution in [0.25, 0.3) is 22.0 Å². The molecule has 0 aliphatic rings. The molecular weight excluding hydrogens is 404 g/mol.